The standard InChI is InChI=1S/C38H74O4/c1-25(21-35(5,6)7)29(19-31(33(39)41-17)27(3)23-37(11,12)13)30(26(2)22-36(8,9)10)20-32(34(40)42-18)28(4)24-38(14,15)16/h25-32H,19-24H2,1-18H3. The molecule has 0 aliphatic carbocycles. The number of carbonyl (C=O) groups excluding carboxylic acids is 2. The largest absolute Gasteiger partial charge is 0.469 e. The van der Waals surface area contributed by atoms with Crippen LogP contribution in [0, 0.1) is 69.0 Å². The van der Waals surface area contributed by atoms with Crippen LogP contribution in [0.15, 0.2) is 0 Å². The van der Waals surface area contributed by atoms with E-state index in [4.69, 9.17) is 9.47 Å². The molecule has 0 aromatic rings. The maximum Gasteiger partial charge on any atom is 0.308 e. The van der Waals surface area contributed by atoms with Crippen molar-refractivity contribution in [3.05, 3.63) is 0 Å². The Morgan fingerprint density at radius 2 is 0.667 bits per heavy atom. The van der Waals surface area contributed by atoms with Crippen molar-refractivity contribution in [3.8, 4) is 0 Å². The van der Waals surface area contributed by atoms with Crippen molar-refractivity contribution in [3.63, 3.8) is 0 Å². The zero-order chi connectivity index (χ0) is 33.4. The average Bonchev–Trinajstić information content (AvgIpc) is 2.75. The van der Waals surface area contributed by atoms with Gasteiger partial charge in [0.1, 0.15) is 0 Å². The minimum atomic E-state index is -0.172. The molecule has 8 atom stereocenters. The first kappa shape index (κ1) is 40.9. The fourth-order valence-electron chi connectivity index (χ4n) is 8.12. The van der Waals surface area contributed by atoms with Crippen molar-refractivity contribution < 1.29 is 19.1 Å². The highest BCUT2D eigenvalue weighted by molar-refractivity contribution is 5.73. The highest BCUT2D eigenvalue weighted by atomic mass is 16.5. The quantitative estimate of drug-likeness (QED) is 0.177. The summed E-state index contributed by atoms with van der Waals surface area (Å²) in [6, 6.07) is 0. The fraction of sp³-hybridized carbons (Fsp3) is 0.947. The van der Waals surface area contributed by atoms with Gasteiger partial charge in [0.15, 0.2) is 0 Å². The summed E-state index contributed by atoms with van der Waals surface area (Å²) >= 11 is 0. The predicted molar refractivity (Wildman–Crippen MR) is 180 cm³/mol. The molecule has 0 aromatic heterocycles. The van der Waals surface area contributed by atoms with E-state index < -0.39 is 0 Å². The molecule has 0 aliphatic rings. The second kappa shape index (κ2) is 16.3. The number of ether oxygens (including phenoxy) is 2. The Balaban J connectivity index is 7.06. The molecule has 8 unspecified atom stereocenters. The number of hydrogen-bond donors (Lipinski definition) is 0. The van der Waals surface area contributed by atoms with E-state index >= 15 is 0 Å². The van der Waals surface area contributed by atoms with Gasteiger partial charge in [0.2, 0.25) is 0 Å². The third-order valence-corrected chi connectivity index (χ3v) is 9.18. The Kier molecular flexibility index (Phi) is 15.9. The van der Waals surface area contributed by atoms with Gasteiger partial charge in [-0.25, -0.2) is 0 Å². The summed E-state index contributed by atoms with van der Waals surface area (Å²) in [6.07, 6.45) is 5.64. The van der Waals surface area contributed by atoms with Crippen LogP contribution in [-0.2, 0) is 19.1 Å². The Labute approximate surface area is 263 Å². The maximum atomic E-state index is 13.4. The molecule has 0 saturated heterocycles. The molecule has 0 N–H and O–H groups in total. The van der Waals surface area contributed by atoms with Crippen LogP contribution >= 0.6 is 0 Å². The molecule has 0 aliphatic heterocycles. The molecule has 0 fully saturated rings. The second-order valence-electron chi connectivity index (χ2n) is 19.0. The summed E-state index contributed by atoms with van der Waals surface area (Å²) in [5.41, 5.74) is 0.564. The lowest BCUT2D eigenvalue weighted by Gasteiger charge is -2.43. The van der Waals surface area contributed by atoms with Crippen LogP contribution in [0.4, 0.5) is 0 Å². The van der Waals surface area contributed by atoms with E-state index in [0.717, 1.165) is 38.5 Å². The number of carbonyl (C=O) groups is 2. The van der Waals surface area contributed by atoms with Gasteiger partial charge in [-0.2, -0.15) is 0 Å². The van der Waals surface area contributed by atoms with E-state index in [1.165, 1.54) is 14.2 Å². The van der Waals surface area contributed by atoms with Gasteiger partial charge in [-0.05, 0) is 95.7 Å². The summed E-state index contributed by atoms with van der Waals surface area (Å²) in [7, 11) is 3.07. The Morgan fingerprint density at radius 1 is 0.452 bits per heavy atom. The number of hydrogen-bond acceptors (Lipinski definition) is 4. The molecule has 0 aromatic carbocycles. The number of methoxy groups -OCH3 is 2. The van der Waals surface area contributed by atoms with Crippen molar-refractivity contribution in [2.24, 2.45) is 69.0 Å². The normalized spacial score (nSPS) is 19.2. The van der Waals surface area contributed by atoms with Gasteiger partial charge in [-0.1, -0.05) is 111 Å². The average molecular weight is 595 g/mol. The predicted octanol–water partition coefficient (Wildman–Crippen LogP) is 10.9. The van der Waals surface area contributed by atoms with Gasteiger partial charge in [0.25, 0.3) is 0 Å². The molecule has 0 saturated carbocycles. The van der Waals surface area contributed by atoms with Crippen LogP contribution in [-0.4, -0.2) is 26.2 Å². The molecule has 4 heteroatoms. The smallest absolute Gasteiger partial charge is 0.308 e. The SMILES string of the molecule is COC(=O)C(CC(C(C)CC(C)(C)C)C(CC(C(=O)OC)C(C)CC(C)(C)C)C(C)CC(C)(C)C)C(C)CC(C)(C)C. The lowest BCUT2D eigenvalue weighted by molar-refractivity contribution is -0.151. The molecule has 0 radical (unpaired) electrons. The van der Waals surface area contributed by atoms with Gasteiger partial charge >= 0.3 is 11.9 Å². The van der Waals surface area contributed by atoms with Crippen LogP contribution in [0.5, 0.6) is 0 Å². The first-order chi connectivity index (χ1) is 18.7. The minimum absolute atomic E-state index is 0.0902. The van der Waals surface area contributed by atoms with Gasteiger partial charge in [0.05, 0.1) is 26.1 Å². The van der Waals surface area contributed by atoms with E-state index in [0.29, 0.717) is 11.8 Å². The van der Waals surface area contributed by atoms with E-state index in [1.807, 2.05) is 0 Å². The monoisotopic (exact) mass is 595 g/mol. The van der Waals surface area contributed by atoms with Crippen molar-refractivity contribution in [1.29, 1.82) is 0 Å². The summed E-state index contributed by atoms with van der Waals surface area (Å²) < 4.78 is 10.9. The zero-order valence-corrected chi connectivity index (χ0v) is 31.5. The van der Waals surface area contributed by atoms with Gasteiger partial charge < -0.3 is 9.47 Å². The molecule has 4 nitrogen and oxygen atoms in total. The highest BCUT2D eigenvalue weighted by Gasteiger charge is 2.42. The molecular formula is C38H74O4. The summed E-state index contributed by atoms with van der Waals surface area (Å²) in [5, 5.41) is 0. The van der Waals surface area contributed by atoms with E-state index in [9.17, 15) is 9.59 Å². The van der Waals surface area contributed by atoms with E-state index in [2.05, 4.69) is 111 Å². The molecule has 42 heavy (non-hydrogen) atoms. The highest BCUT2D eigenvalue weighted by Crippen LogP contribution is 2.47. The lowest BCUT2D eigenvalue weighted by Crippen LogP contribution is -2.39. The molecule has 0 amide bonds. The summed E-state index contributed by atoms with van der Waals surface area (Å²) in [4.78, 5) is 26.9. The first-order valence-electron chi connectivity index (χ1n) is 16.9. The van der Waals surface area contributed by atoms with Crippen molar-refractivity contribution in [2.45, 2.75) is 149 Å². The van der Waals surface area contributed by atoms with Gasteiger partial charge in [0, 0.05) is 0 Å². The molecule has 0 heterocycles. The number of esters is 2. The van der Waals surface area contributed by atoms with Crippen molar-refractivity contribution in [1.82, 2.24) is 0 Å². The van der Waals surface area contributed by atoms with Crippen LogP contribution in [0.2, 0.25) is 0 Å². The lowest BCUT2D eigenvalue weighted by atomic mass is 9.61. The molecule has 250 valence electrons. The zero-order valence-electron chi connectivity index (χ0n) is 31.5. The van der Waals surface area contributed by atoms with Crippen LogP contribution in [0.1, 0.15) is 149 Å². The molecular weight excluding hydrogens is 520 g/mol. The third kappa shape index (κ3) is 16.1. The summed E-state index contributed by atoms with van der Waals surface area (Å²) in [5.74, 6) is 1.23. The minimum Gasteiger partial charge on any atom is -0.469 e. The van der Waals surface area contributed by atoms with E-state index in [-0.39, 0.29) is 69.1 Å². The van der Waals surface area contributed by atoms with Crippen molar-refractivity contribution in [2.75, 3.05) is 14.2 Å². The van der Waals surface area contributed by atoms with Gasteiger partial charge in [-0.3, -0.25) is 9.59 Å². The maximum absolute atomic E-state index is 13.4. The fourth-order valence-corrected chi connectivity index (χ4v) is 8.12. The molecule has 0 rings (SSSR count). The Hall–Kier alpha value is -1.06. The number of rotatable bonds is 15. The van der Waals surface area contributed by atoms with Crippen LogP contribution in [0.25, 0.3) is 0 Å². The topological polar surface area (TPSA) is 52.6 Å². The Morgan fingerprint density at radius 3 is 0.857 bits per heavy atom. The first-order valence-corrected chi connectivity index (χ1v) is 16.9. The summed E-state index contributed by atoms with van der Waals surface area (Å²) in [6.45, 7) is 36.7. The van der Waals surface area contributed by atoms with E-state index in [1.54, 1.807) is 0 Å². The Bertz CT molecular complexity index is 733. The van der Waals surface area contributed by atoms with Crippen molar-refractivity contribution >= 4 is 11.9 Å². The van der Waals surface area contributed by atoms with Crippen LogP contribution in [0.3, 0.4) is 0 Å². The van der Waals surface area contributed by atoms with Crippen LogP contribution < -0.4 is 0 Å². The molecule has 0 spiro atoms. The molecule has 0 bridgehead atoms. The van der Waals surface area contributed by atoms with Gasteiger partial charge in [-0.15, -0.1) is 0 Å². The second-order valence-corrected chi connectivity index (χ2v) is 19.0. The third-order valence-electron chi connectivity index (χ3n) is 9.18.